The van der Waals surface area contributed by atoms with Crippen LogP contribution in [0.3, 0.4) is 0 Å². The first kappa shape index (κ1) is 30.2. The Morgan fingerprint density at radius 3 is 2.56 bits per heavy atom. The molecule has 1 aromatic carbocycles. The Morgan fingerprint density at radius 2 is 1.95 bits per heavy atom. The molecule has 1 saturated heterocycles. The molecule has 0 amide bonds. The highest BCUT2D eigenvalue weighted by atomic mass is 31.2. The predicted molar refractivity (Wildman–Crippen MR) is 135 cm³/mol. The van der Waals surface area contributed by atoms with E-state index < -0.39 is 80.4 Å². The molecule has 0 bridgehead atoms. The third-order valence-electron chi connectivity index (χ3n) is 5.57. The first-order valence-corrected chi connectivity index (χ1v) is 13.7. The van der Waals surface area contributed by atoms with E-state index in [-0.39, 0.29) is 5.75 Å². The number of aliphatic hydroxyl groups excluding tert-OH is 1. The van der Waals surface area contributed by atoms with Gasteiger partial charge in [0.2, 0.25) is 5.67 Å². The molecular weight excluding hydrogens is 541 g/mol. The third kappa shape index (κ3) is 7.42. The van der Waals surface area contributed by atoms with Crippen molar-refractivity contribution < 1.29 is 41.8 Å². The van der Waals surface area contributed by atoms with Crippen LogP contribution in [0.2, 0.25) is 0 Å². The van der Waals surface area contributed by atoms with Gasteiger partial charge in [-0.15, -0.1) is 0 Å². The molecule has 1 fully saturated rings. The molecule has 1 aliphatic rings. The molecule has 39 heavy (non-hydrogen) atoms. The number of nitrogens with zero attached hydrogens (tertiary/aromatic N) is 1. The molecule has 0 saturated carbocycles. The van der Waals surface area contributed by atoms with Crippen LogP contribution in [0.25, 0.3) is 0 Å². The Hall–Kier alpha value is -3.30. The summed E-state index contributed by atoms with van der Waals surface area (Å²) in [6, 6.07) is 8.87. The molecule has 212 valence electrons. The Labute approximate surface area is 222 Å². The largest absolute Gasteiger partial charge is 0.463 e. The van der Waals surface area contributed by atoms with Crippen molar-refractivity contribution in [3.8, 4) is 17.6 Å². The zero-order chi connectivity index (χ0) is 28.8. The number of H-pyrrole nitrogens is 1. The Morgan fingerprint density at radius 1 is 1.26 bits per heavy atom. The average molecular weight is 570 g/mol. The Balaban J connectivity index is 1.88. The van der Waals surface area contributed by atoms with Crippen molar-refractivity contribution in [3.63, 3.8) is 0 Å². The number of rotatable bonds is 10. The minimum atomic E-state index is -4.17. The van der Waals surface area contributed by atoms with Crippen LogP contribution in [-0.4, -0.2) is 64.1 Å². The van der Waals surface area contributed by atoms with Crippen molar-refractivity contribution >= 4 is 13.6 Å². The summed E-state index contributed by atoms with van der Waals surface area (Å²) in [6.45, 7) is 2.79. The monoisotopic (exact) mass is 570 g/mol. The maximum Gasteiger partial charge on any atom is 0.380 e. The third-order valence-corrected chi connectivity index (χ3v) is 7.60. The second kappa shape index (κ2) is 12.7. The molecule has 1 aromatic heterocycles. The van der Waals surface area contributed by atoms with Crippen molar-refractivity contribution in [3.05, 3.63) is 63.4 Å². The first-order valence-electron chi connectivity index (χ1n) is 12.0. The van der Waals surface area contributed by atoms with E-state index in [9.17, 15) is 28.4 Å². The van der Waals surface area contributed by atoms with Crippen LogP contribution in [-0.2, 0) is 23.4 Å². The van der Waals surface area contributed by atoms with E-state index in [1.54, 1.807) is 32.0 Å². The van der Waals surface area contributed by atoms with Gasteiger partial charge in [-0.25, -0.2) is 18.1 Å². The summed E-state index contributed by atoms with van der Waals surface area (Å²) >= 11 is 0. The van der Waals surface area contributed by atoms with E-state index in [0.29, 0.717) is 4.57 Å². The standard InChI is InChI=1S/C25H29F2N2O9P/c1-16(2)36-22(32)17(3)15-39(34,38-18-8-5-4-6-9-18)35-14-19-21(31)25(27,11-7-12-26)23(37-19)29-13-10-20(30)28-24(29)33/h4-6,8-10,13,16-17,19,21,23,31H,12,14-15H2,1-3H3,(H,28,30,33)/t17-,19-,21+,23-,25?,39+/m1/s1. The van der Waals surface area contributed by atoms with Gasteiger partial charge in [-0.1, -0.05) is 37.0 Å². The summed E-state index contributed by atoms with van der Waals surface area (Å²) in [5.74, 6) is 2.40. The molecule has 3 rings (SSSR count). The van der Waals surface area contributed by atoms with E-state index >= 15 is 4.39 Å². The number of ether oxygens (including phenoxy) is 2. The number of aromatic amines is 1. The maximum atomic E-state index is 16.0. The van der Waals surface area contributed by atoms with Gasteiger partial charge in [0.1, 0.15) is 24.6 Å². The van der Waals surface area contributed by atoms with Crippen molar-refractivity contribution in [2.45, 2.75) is 51.0 Å². The summed E-state index contributed by atoms with van der Waals surface area (Å²) in [6.07, 6.45) is -5.51. The number of para-hydroxylation sites is 1. The van der Waals surface area contributed by atoms with E-state index in [2.05, 4.69) is 0 Å². The average Bonchev–Trinajstić information content (AvgIpc) is 3.11. The normalized spacial score (nSPS) is 24.8. The fourth-order valence-corrected chi connectivity index (χ4v) is 5.64. The first-order chi connectivity index (χ1) is 18.4. The van der Waals surface area contributed by atoms with Crippen LogP contribution >= 0.6 is 7.60 Å². The maximum absolute atomic E-state index is 16.0. The van der Waals surface area contributed by atoms with E-state index in [0.717, 1.165) is 12.3 Å². The number of carbonyl (C=O) groups is 1. The molecule has 0 radical (unpaired) electrons. The van der Waals surface area contributed by atoms with Gasteiger partial charge < -0.3 is 19.1 Å². The fraction of sp³-hybridized carbons (Fsp3) is 0.480. The van der Waals surface area contributed by atoms with Crippen LogP contribution in [0.1, 0.15) is 27.0 Å². The van der Waals surface area contributed by atoms with Crippen molar-refractivity contribution in [1.82, 2.24) is 9.55 Å². The molecule has 0 aliphatic carbocycles. The summed E-state index contributed by atoms with van der Waals surface area (Å²) in [5, 5.41) is 10.8. The fourth-order valence-electron chi connectivity index (χ4n) is 3.77. The number of hydrogen-bond donors (Lipinski definition) is 2. The van der Waals surface area contributed by atoms with Crippen LogP contribution in [0, 0.1) is 17.8 Å². The van der Waals surface area contributed by atoms with Crippen LogP contribution in [0.5, 0.6) is 5.75 Å². The van der Waals surface area contributed by atoms with Gasteiger partial charge in [0.15, 0.2) is 6.23 Å². The highest BCUT2D eigenvalue weighted by molar-refractivity contribution is 7.54. The molecule has 2 N–H and O–H groups in total. The lowest BCUT2D eigenvalue weighted by atomic mass is 9.96. The van der Waals surface area contributed by atoms with Gasteiger partial charge in [0.05, 0.1) is 24.8 Å². The number of halogens is 2. The number of hydrogen-bond acceptors (Lipinski definition) is 9. The summed E-state index contributed by atoms with van der Waals surface area (Å²) in [4.78, 5) is 38.0. The second-order valence-corrected chi connectivity index (χ2v) is 11.1. The zero-order valence-electron chi connectivity index (χ0n) is 21.4. The zero-order valence-corrected chi connectivity index (χ0v) is 22.3. The molecule has 2 aromatic rings. The molecule has 6 atom stereocenters. The highest BCUT2D eigenvalue weighted by Crippen LogP contribution is 2.51. The number of benzene rings is 1. The summed E-state index contributed by atoms with van der Waals surface area (Å²) < 4.78 is 65.0. The van der Waals surface area contributed by atoms with Crippen LogP contribution in [0.15, 0.2) is 52.2 Å². The van der Waals surface area contributed by atoms with E-state index in [1.165, 1.54) is 19.1 Å². The molecule has 14 heteroatoms. The van der Waals surface area contributed by atoms with Crippen LogP contribution in [0.4, 0.5) is 8.78 Å². The van der Waals surface area contributed by atoms with Crippen molar-refractivity contribution in [2.75, 3.05) is 19.4 Å². The Bertz CT molecular complexity index is 1370. The number of aromatic nitrogens is 2. The molecule has 0 spiro atoms. The SMILES string of the molecule is CC(C)OC(=O)[C@H](C)C[P@](=O)(OC[C@H]1O[C@@H](n2ccc(=O)[nH]c2=O)C(F)(C#CCF)[C@H]1O)Oc1ccccc1. The lowest BCUT2D eigenvalue weighted by Crippen LogP contribution is -2.45. The van der Waals surface area contributed by atoms with Crippen molar-refractivity contribution in [2.24, 2.45) is 5.92 Å². The number of nitrogens with one attached hydrogen (secondary N) is 1. The van der Waals surface area contributed by atoms with Gasteiger partial charge in [0.25, 0.3) is 5.56 Å². The second-order valence-electron chi connectivity index (χ2n) is 9.07. The Kier molecular flexibility index (Phi) is 9.85. The van der Waals surface area contributed by atoms with E-state index in [4.69, 9.17) is 18.5 Å². The topological polar surface area (TPSA) is 146 Å². The molecule has 1 aliphatic heterocycles. The number of aliphatic hydroxyl groups is 1. The highest BCUT2D eigenvalue weighted by Gasteiger charge is 2.58. The molecule has 11 nitrogen and oxygen atoms in total. The molecule has 2 heterocycles. The van der Waals surface area contributed by atoms with E-state index in [1.807, 2.05) is 16.8 Å². The number of alkyl halides is 2. The van der Waals surface area contributed by atoms with Crippen LogP contribution < -0.4 is 15.8 Å². The van der Waals surface area contributed by atoms with Gasteiger partial charge >= 0.3 is 19.3 Å². The summed E-state index contributed by atoms with van der Waals surface area (Å²) in [7, 11) is -4.17. The summed E-state index contributed by atoms with van der Waals surface area (Å²) in [5.41, 5.74) is -4.85. The number of esters is 1. The smallest absolute Gasteiger partial charge is 0.380 e. The molecular formula is C25H29F2N2O9P. The minimum Gasteiger partial charge on any atom is -0.463 e. The minimum absolute atomic E-state index is 0.157. The predicted octanol–water partition coefficient (Wildman–Crippen LogP) is 2.35. The lowest BCUT2D eigenvalue weighted by molar-refractivity contribution is -0.151. The molecule has 1 unspecified atom stereocenters. The lowest BCUT2D eigenvalue weighted by Gasteiger charge is -2.25. The quantitative estimate of drug-likeness (QED) is 0.250. The van der Waals surface area contributed by atoms with Crippen molar-refractivity contribution in [1.29, 1.82) is 0 Å². The van der Waals surface area contributed by atoms with Gasteiger partial charge in [-0.2, -0.15) is 0 Å². The van der Waals surface area contributed by atoms with Gasteiger partial charge in [-0.3, -0.25) is 23.7 Å². The van der Waals surface area contributed by atoms with Gasteiger partial charge in [-0.05, 0) is 26.0 Å². The number of carbonyl (C=O) groups excluding carboxylic acids is 1. The van der Waals surface area contributed by atoms with Gasteiger partial charge in [0, 0.05) is 12.3 Å².